The van der Waals surface area contributed by atoms with Crippen molar-refractivity contribution >= 4 is 28.3 Å². The normalized spacial score (nSPS) is 23.7. The van der Waals surface area contributed by atoms with Crippen molar-refractivity contribution in [3.05, 3.63) is 24.3 Å². The molecular formula is C17H26ClN3O5S. The van der Waals surface area contributed by atoms with Crippen LogP contribution in [0, 0.1) is 0 Å². The molecule has 1 aromatic rings. The van der Waals surface area contributed by atoms with E-state index in [9.17, 15) is 13.2 Å². The molecule has 0 radical (unpaired) electrons. The van der Waals surface area contributed by atoms with E-state index in [0.29, 0.717) is 31.8 Å². The van der Waals surface area contributed by atoms with Gasteiger partial charge >= 0.3 is 0 Å². The van der Waals surface area contributed by atoms with E-state index < -0.39 is 16.1 Å². The van der Waals surface area contributed by atoms with E-state index in [1.165, 1.54) is 23.5 Å². The summed E-state index contributed by atoms with van der Waals surface area (Å²) < 4.78 is 37.6. The molecule has 0 spiro atoms. The minimum Gasteiger partial charge on any atom is -0.497 e. The number of ether oxygens (including phenoxy) is 2. The second kappa shape index (κ2) is 9.20. The number of nitrogens with two attached hydrogens (primary N) is 1. The monoisotopic (exact) mass is 419 g/mol. The first-order valence-electron chi connectivity index (χ1n) is 8.74. The summed E-state index contributed by atoms with van der Waals surface area (Å²) >= 11 is 0. The minimum atomic E-state index is -3.58. The summed E-state index contributed by atoms with van der Waals surface area (Å²) in [5.74, 6) is 0.536. The first-order valence-corrected chi connectivity index (χ1v) is 10.2. The zero-order valence-corrected chi connectivity index (χ0v) is 16.9. The van der Waals surface area contributed by atoms with E-state index in [2.05, 4.69) is 0 Å². The molecule has 1 amide bonds. The van der Waals surface area contributed by atoms with Gasteiger partial charge in [0.25, 0.3) is 5.91 Å². The Balaban J connectivity index is 0.00000261. The Labute approximate surface area is 166 Å². The highest BCUT2D eigenvalue weighted by molar-refractivity contribution is 7.89. The predicted octanol–water partition coefficient (Wildman–Crippen LogP) is 0.456. The number of methoxy groups -OCH3 is 1. The molecule has 1 aromatic carbocycles. The smallest absolute Gasteiger partial charge is 0.251 e. The summed E-state index contributed by atoms with van der Waals surface area (Å²) in [5, 5.41) is 0. The Morgan fingerprint density at radius 1 is 1.19 bits per heavy atom. The SMILES string of the molecule is COc1ccc(S(=O)(=O)N2CCN(C(=O)[C@@H]3CC[C@H](CN)O3)CC2)cc1.Cl. The van der Waals surface area contributed by atoms with Crippen LogP contribution in [0.1, 0.15) is 12.8 Å². The van der Waals surface area contributed by atoms with Crippen molar-refractivity contribution in [3.8, 4) is 5.75 Å². The minimum absolute atomic E-state index is 0. The first kappa shape index (κ1) is 21.9. The van der Waals surface area contributed by atoms with E-state index in [1.807, 2.05) is 0 Å². The first-order chi connectivity index (χ1) is 12.5. The average Bonchev–Trinajstić information content (AvgIpc) is 3.17. The number of halogens is 1. The van der Waals surface area contributed by atoms with Crippen LogP contribution in [0.3, 0.4) is 0 Å². The number of amides is 1. The molecule has 2 fully saturated rings. The molecule has 10 heteroatoms. The molecule has 2 saturated heterocycles. The van der Waals surface area contributed by atoms with Crippen LogP contribution in [0.15, 0.2) is 29.2 Å². The number of piperazine rings is 1. The molecule has 8 nitrogen and oxygen atoms in total. The molecule has 2 aliphatic rings. The van der Waals surface area contributed by atoms with E-state index in [0.717, 1.165) is 6.42 Å². The van der Waals surface area contributed by atoms with Crippen molar-refractivity contribution in [2.24, 2.45) is 5.73 Å². The molecule has 3 rings (SSSR count). The van der Waals surface area contributed by atoms with Gasteiger partial charge in [0.2, 0.25) is 10.0 Å². The summed E-state index contributed by atoms with van der Waals surface area (Å²) in [6, 6.07) is 6.31. The third kappa shape index (κ3) is 4.72. The van der Waals surface area contributed by atoms with E-state index in [-0.39, 0.29) is 42.4 Å². The zero-order valence-electron chi connectivity index (χ0n) is 15.2. The van der Waals surface area contributed by atoms with E-state index >= 15 is 0 Å². The van der Waals surface area contributed by atoms with Crippen LogP contribution in [0.4, 0.5) is 0 Å². The fourth-order valence-corrected chi connectivity index (χ4v) is 4.73. The number of hydrogen-bond acceptors (Lipinski definition) is 6. The third-order valence-corrected chi connectivity index (χ3v) is 6.81. The number of hydrogen-bond donors (Lipinski definition) is 1. The van der Waals surface area contributed by atoms with Crippen molar-refractivity contribution in [2.45, 2.75) is 29.9 Å². The van der Waals surface area contributed by atoms with Gasteiger partial charge < -0.3 is 20.1 Å². The number of benzene rings is 1. The van der Waals surface area contributed by atoms with Crippen molar-refractivity contribution in [1.82, 2.24) is 9.21 Å². The number of carbonyl (C=O) groups is 1. The van der Waals surface area contributed by atoms with E-state index in [1.54, 1.807) is 17.0 Å². The summed E-state index contributed by atoms with van der Waals surface area (Å²) in [4.78, 5) is 14.4. The van der Waals surface area contributed by atoms with Gasteiger partial charge in [-0.15, -0.1) is 12.4 Å². The Morgan fingerprint density at radius 3 is 2.33 bits per heavy atom. The lowest BCUT2D eigenvalue weighted by atomic mass is 10.1. The second-order valence-corrected chi connectivity index (χ2v) is 8.40. The molecule has 0 bridgehead atoms. The second-order valence-electron chi connectivity index (χ2n) is 6.46. The van der Waals surface area contributed by atoms with Gasteiger partial charge in [0.15, 0.2) is 0 Å². The number of rotatable bonds is 5. The lowest BCUT2D eigenvalue weighted by molar-refractivity contribution is -0.143. The maximum Gasteiger partial charge on any atom is 0.251 e. The highest BCUT2D eigenvalue weighted by Crippen LogP contribution is 2.23. The highest BCUT2D eigenvalue weighted by atomic mass is 35.5. The van der Waals surface area contributed by atoms with Crippen LogP contribution in [-0.2, 0) is 19.6 Å². The van der Waals surface area contributed by atoms with Crippen LogP contribution in [-0.4, -0.2) is 75.6 Å². The Morgan fingerprint density at radius 2 is 1.81 bits per heavy atom. The molecule has 0 unspecified atom stereocenters. The van der Waals surface area contributed by atoms with Crippen molar-refractivity contribution in [3.63, 3.8) is 0 Å². The molecule has 0 aliphatic carbocycles. The molecule has 0 aromatic heterocycles. The summed E-state index contributed by atoms with van der Waals surface area (Å²) in [6.45, 7) is 1.68. The molecule has 0 saturated carbocycles. The molecule has 27 heavy (non-hydrogen) atoms. The van der Waals surface area contributed by atoms with Crippen LogP contribution in [0.5, 0.6) is 5.75 Å². The average molecular weight is 420 g/mol. The van der Waals surface area contributed by atoms with Crippen LogP contribution in [0.2, 0.25) is 0 Å². The van der Waals surface area contributed by atoms with Gasteiger partial charge in [-0.3, -0.25) is 4.79 Å². The maximum atomic E-state index is 12.7. The lowest BCUT2D eigenvalue weighted by Gasteiger charge is -2.35. The molecule has 152 valence electrons. The van der Waals surface area contributed by atoms with Gasteiger partial charge in [0.1, 0.15) is 11.9 Å². The van der Waals surface area contributed by atoms with Gasteiger partial charge in [0.05, 0.1) is 18.1 Å². The highest BCUT2D eigenvalue weighted by Gasteiger charge is 2.36. The number of sulfonamides is 1. The largest absolute Gasteiger partial charge is 0.497 e. The molecule has 2 heterocycles. The molecule has 2 aliphatic heterocycles. The van der Waals surface area contributed by atoms with Gasteiger partial charge in [-0.05, 0) is 37.1 Å². The summed E-state index contributed by atoms with van der Waals surface area (Å²) in [6.07, 6.45) is 0.957. The fraction of sp³-hybridized carbons (Fsp3) is 0.588. The number of carbonyl (C=O) groups excluding carboxylic acids is 1. The van der Waals surface area contributed by atoms with Crippen LogP contribution >= 0.6 is 12.4 Å². The zero-order chi connectivity index (χ0) is 18.7. The molecule has 2 atom stereocenters. The predicted molar refractivity (Wildman–Crippen MR) is 103 cm³/mol. The standard InChI is InChI=1S/C17H25N3O5S.ClH/c1-24-13-2-5-15(6-3-13)26(22,23)20-10-8-19(9-11-20)17(21)16-7-4-14(12-18)25-16;/h2-3,5-6,14,16H,4,7-12,18H2,1H3;1H/t14-,16+;/m1./s1. The topological polar surface area (TPSA) is 102 Å². The Bertz CT molecular complexity index is 735. The lowest BCUT2D eigenvalue weighted by Crippen LogP contribution is -2.52. The van der Waals surface area contributed by atoms with Crippen molar-refractivity contribution in [1.29, 1.82) is 0 Å². The van der Waals surface area contributed by atoms with Crippen LogP contribution in [0.25, 0.3) is 0 Å². The summed E-state index contributed by atoms with van der Waals surface area (Å²) in [7, 11) is -2.04. The Hall–Kier alpha value is -1.39. The van der Waals surface area contributed by atoms with Crippen molar-refractivity contribution in [2.75, 3.05) is 39.8 Å². The van der Waals surface area contributed by atoms with Gasteiger partial charge in [0, 0.05) is 32.7 Å². The molecular weight excluding hydrogens is 394 g/mol. The molecule has 2 N–H and O–H groups in total. The van der Waals surface area contributed by atoms with Gasteiger partial charge in [-0.2, -0.15) is 4.31 Å². The van der Waals surface area contributed by atoms with Crippen molar-refractivity contribution < 1.29 is 22.7 Å². The summed E-state index contributed by atoms with van der Waals surface area (Å²) in [5.41, 5.74) is 5.58. The van der Waals surface area contributed by atoms with Gasteiger partial charge in [-0.25, -0.2) is 8.42 Å². The fourth-order valence-electron chi connectivity index (χ4n) is 3.31. The van der Waals surface area contributed by atoms with E-state index in [4.69, 9.17) is 15.2 Å². The number of nitrogens with zero attached hydrogens (tertiary/aromatic N) is 2. The third-order valence-electron chi connectivity index (χ3n) is 4.89. The van der Waals surface area contributed by atoms with Crippen LogP contribution < -0.4 is 10.5 Å². The Kier molecular flexibility index (Phi) is 7.47. The maximum absolute atomic E-state index is 12.7. The quantitative estimate of drug-likeness (QED) is 0.743. The van der Waals surface area contributed by atoms with Gasteiger partial charge in [-0.1, -0.05) is 0 Å².